The van der Waals surface area contributed by atoms with Crippen LogP contribution in [0, 0.1) is 12.7 Å². The Balaban J connectivity index is 1.92. The van der Waals surface area contributed by atoms with Crippen LogP contribution in [0.4, 0.5) is 23.2 Å². The van der Waals surface area contributed by atoms with E-state index in [-0.39, 0.29) is 12.2 Å². The lowest BCUT2D eigenvalue weighted by molar-refractivity contribution is -0.137. The Morgan fingerprint density at radius 3 is 2.55 bits per heavy atom. The van der Waals surface area contributed by atoms with E-state index in [1.54, 1.807) is 0 Å². The number of nitrogens with zero attached hydrogens (tertiary/aromatic N) is 4. The molecule has 8 nitrogen and oxygen atoms in total. The van der Waals surface area contributed by atoms with Crippen molar-refractivity contribution >= 4 is 11.6 Å². The molecule has 12 heteroatoms. The lowest BCUT2D eigenvalue weighted by Crippen LogP contribution is -2.31. The fourth-order valence-electron chi connectivity index (χ4n) is 2.62. The number of halogens is 4. The number of alkyl halides is 3. The maximum Gasteiger partial charge on any atom is 0.417 e. The molecule has 0 bridgehead atoms. The molecule has 2 N–H and O–H groups in total. The second-order valence-corrected chi connectivity index (χ2v) is 6.14. The van der Waals surface area contributed by atoms with Crippen molar-refractivity contribution in [3.63, 3.8) is 0 Å². The number of aryl methyl sites for hydroxylation is 1. The molecule has 0 fully saturated rings. The SMILES string of the molecule is Cc1nnnn1C(Cc1ccc(F)cc1)C(=O)Nc1cc(C(F)(F)F)c[nH]c1=O. The van der Waals surface area contributed by atoms with Crippen LogP contribution in [0.3, 0.4) is 0 Å². The Bertz CT molecular complexity index is 1070. The van der Waals surface area contributed by atoms with E-state index in [0.29, 0.717) is 17.8 Å². The van der Waals surface area contributed by atoms with Gasteiger partial charge in [-0.05, 0) is 41.1 Å². The van der Waals surface area contributed by atoms with E-state index < -0.39 is 40.8 Å². The zero-order valence-corrected chi connectivity index (χ0v) is 14.9. The minimum absolute atomic E-state index is 0.00879. The van der Waals surface area contributed by atoms with Crippen LogP contribution in [-0.4, -0.2) is 31.1 Å². The summed E-state index contributed by atoms with van der Waals surface area (Å²) < 4.78 is 53.0. The molecule has 3 rings (SSSR count). The van der Waals surface area contributed by atoms with Crippen molar-refractivity contribution in [1.82, 2.24) is 25.2 Å². The largest absolute Gasteiger partial charge is 0.417 e. The van der Waals surface area contributed by atoms with Gasteiger partial charge < -0.3 is 10.3 Å². The number of aromatic nitrogens is 5. The molecule has 0 saturated heterocycles. The highest BCUT2D eigenvalue weighted by Gasteiger charge is 2.32. The molecule has 1 unspecified atom stereocenters. The van der Waals surface area contributed by atoms with E-state index >= 15 is 0 Å². The summed E-state index contributed by atoms with van der Waals surface area (Å²) in [5.41, 5.74) is -2.04. The monoisotopic (exact) mass is 410 g/mol. The van der Waals surface area contributed by atoms with Crippen LogP contribution in [0.2, 0.25) is 0 Å². The minimum Gasteiger partial charge on any atom is -0.327 e. The summed E-state index contributed by atoms with van der Waals surface area (Å²) in [6.07, 6.45) is -4.18. The molecule has 1 amide bonds. The predicted octanol–water partition coefficient (Wildman–Crippen LogP) is 2.25. The molecule has 2 aromatic heterocycles. The van der Waals surface area contributed by atoms with Gasteiger partial charge in [-0.1, -0.05) is 12.1 Å². The van der Waals surface area contributed by atoms with Crippen LogP contribution < -0.4 is 10.9 Å². The quantitative estimate of drug-likeness (QED) is 0.628. The number of carbonyl (C=O) groups excluding carboxylic acids is 1. The van der Waals surface area contributed by atoms with E-state index in [0.717, 1.165) is 0 Å². The van der Waals surface area contributed by atoms with E-state index in [9.17, 15) is 27.2 Å². The van der Waals surface area contributed by atoms with Crippen molar-refractivity contribution in [2.45, 2.75) is 25.6 Å². The molecule has 0 spiro atoms. The number of nitrogens with one attached hydrogen (secondary N) is 2. The lowest BCUT2D eigenvalue weighted by atomic mass is 10.0. The highest BCUT2D eigenvalue weighted by atomic mass is 19.4. The van der Waals surface area contributed by atoms with Gasteiger partial charge in [0.2, 0.25) is 5.91 Å². The number of amides is 1. The van der Waals surface area contributed by atoms with Gasteiger partial charge in [0.05, 0.1) is 5.56 Å². The van der Waals surface area contributed by atoms with E-state index in [1.165, 1.54) is 35.9 Å². The smallest absolute Gasteiger partial charge is 0.327 e. The average molecular weight is 410 g/mol. The fraction of sp³-hybridized carbons (Fsp3) is 0.235. The van der Waals surface area contributed by atoms with Crippen molar-refractivity contribution in [1.29, 1.82) is 0 Å². The summed E-state index contributed by atoms with van der Waals surface area (Å²) in [6, 6.07) is 4.75. The summed E-state index contributed by atoms with van der Waals surface area (Å²) in [6.45, 7) is 1.53. The molecule has 2 heterocycles. The van der Waals surface area contributed by atoms with Gasteiger partial charge in [-0.3, -0.25) is 9.59 Å². The van der Waals surface area contributed by atoms with Gasteiger partial charge in [0, 0.05) is 12.6 Å². The molecule has 0 aliphatic carbocycles. The molecular formula is C17H14F4N6O2. The van der Waals surface area contributed by atoms with Crippen molar-refractivity contribution in [2.75, 3.05) is 5.32 Å². The summed E-state index contributed by atoms with van der Waals surface area (Å²) in [7, 11) is 0. The number of carbonyl (C=O) groups is 1. The predicted molar refractivity (Wildman–Crippen MR) is 92.4 cm³/mol. The molecule has 1 aromatic carbocycles. The molecule has 29 heavy (non-hydrogen) atoms. The Morgan fingerprint density at radius 1 is 1.28 bits per heavy atom. The molecule has 3 aromatic rings. The third-order valence-electron chi connectivity index (χ3n) is 4.09. The summed E-state index contributed by atoms with van der Waals surface area (Å²) in [5.74, 6) is -1.01. The maximum absolute atomic E-state index is 13.1. The normalized spacial score (nSPS) is 12.6. The Kier molecular flexibility index (Phi) is 5.43. The maximum atomic E-state index is 13.1. The molecule has 0 aliphatic rings. The fourth-order valence-corrected chi connectivity index (χ4v) is 2.62. The highest BCUT2D eigenvalue weighted by molar-refractivity contribution is 5.93. The van der Waals surface area contributed by atoms with Gasteiger partial charge in [0.25, 0.3) is 5.56 Å². The number of aromatic amines is 1. The number of tetrazole rings is 1. The summed E-state index contributed by atoms with van der Waals surface area (Å²) in [4.78, 5) is 26.6. The summed E-state index contributed by atoms with van der Waals surface area (Å²) in [5, 5.41) is 13.1. The van der Waals surface area contributed by atoms with Crippen molar-refractivity contribution in [3.05, 3.63) is 69.7 Å². The molecule has 0 aliphatic heterocycles. The van der Waals surface area contributed by atoms with Gasteiger partial charge >= 0.3 is 6.18 Å². The van der Waals surface area contributed by atoms with Crippen LogP contribution >= 0.6 is 0 Å². The van der Waals surface area contributed by atoms with Crippen LogP contribution in [0.15, 0.2) is 41.3 Å². The minimum atomic E-state index is -4.70. The zero-order valence-electron chi connectivity index (χ0n) is 14.9. The van der Waals surface area contributed by atoms with Crippen molar-refractivity contribution in [3.8, 4) is 0 Å². The Morgan fingerprint density at radius 2 is 1.97 bits per heavy atom. The van der Waals surface area contributed by atoms with Crippen LogP contribution in [0.25, 0.3) is 0 Å². The molecule has 1 atom stereocenters. The number of hydrogen-bond donors (Lipinski definition) is 2. The Hall–Kier alpha value is -3.57. The van der Waals surface area contributed by atoms with Gasteiger partial charge in [-0.15, -0.1) is 5.10 Å². The van der Waals surface area contributed by atoms with Gasteiger partial charge in [-0.25, -0.2) is 9.07 Å². The average Bonchev–Trinajstić information content (AvgIpc) is 3.07. The van der Waals surface area contributed by atoms with E-state index in [1.807, 2.05) is 4.98 Å². The van der Waals surface area contributed by atoms with Gasteiger partial charge in [0.1, 0.15) is 23.4 Å². The summed E-state index contributed by atoms with van der Waals surface area (Å²) >= 11 is 0. The topological polar surface area (TPSA) is 106 Å². The van der Waals surface area contributed by atoms with Crippen LogP contribution in [0.1, 0.15) is 23.0 Å². The number of hydrogen-bond acceptors (Lipinski definition) is 5. The first-order valence-electron chi connectivity index (χ1n) is 8.25. The first kappa shape index (κ1) is 20.2. The zero-order chi connectivity index (χ0) is 21.2. The lowest BCUT2D eigenvalue weighted by Gasteiger charge is -2.18. The third kappa shape index (κ3) is 4.65. The number of pyridine rings is 1. The number of H-pyrrole nitrogens is 1. The third-order valence-corrected chi connectivity index (χ3v) is 4.09. The van der Waals surface area contributed by atoms with Gasteiger partial charge in [0.15, 0.2) is 0 Å². The highest BCUT2D eigenvalue weighted by Crippen LogP contribution is 2.29. The van der Waals surface area contributed by atoms with E-state index in [2.05, 4.69) is 20.8 Å². The Labute approximate surface area is 160 Å². The number of anilines is 1. The molecule has 0 saturated carbocycles. The van der Waals surface area contributed by atoms with Gasteiger partial charge in [-0.2, -0.15) is 13.2 Å². The van der Waals surface area contributed by atoms with Crippen molar-refractivity contribution in [2.24, 2.45) is 0 Å². The number of benzene rings is 1. The van der Waals surface area contributed by atoms with Crippen LogP contribution in [0.5, 0.6) is 0 Å². The molecular weight excluding hydrogens is 396 g/mol. The standard InChI is InChI=1S/C17H14F4N6O2/c1-9-24-25-26-27(9)14(6-10-2-4-12(18)5-3-10)16(29)23-13-7-11(17(19,20)21)8-22-15(13)28/h2-5,7-8,14H,6H2,1H3,(H,22,28)(H,23,29). The first-order valence-corrected chi connectivity index (χ1v) is 8.25. The number of rotatable bonds is 5. The molecule has 0 radical (unpaired) electrons. The second-order valence-electron chi connectivity index (χ2n) is 6.14. The molecule has 152 valence electrons. The van der Waals surface area contributed by atoms with E-state index in [4.69, 9.17) is 0 Å². The van der Waals surface area contributed by atoms with Crippen LogP contribution in [-0.2, 0) is 17.4 Å². The first-order chi connectivity index (χ1) is 13.6. The van der Waals surface area contributed by atoms with Crippen molar-refractivity contribution < 1.29 is 22.4 Å². The second kappa shape index (κ2) is 7.81.